The van der Waals surface area contributed by atoms with Crippen LogP contribution in [0, 0.1) is 24.7 Å². The monoisotopic (exact) mass is 363 g/mol. The molecular formula is C22H21NO4. The lowest BCUT2D eigenvalue weighted by Crippen LogP contribution is -2.34. The summed E-state index contributed by atoms with van der Waals surface area (Å²) in [6, 6.07) is 15.5. The van der Waals surface area contributed by atoms with Gasteiger partial charge in [-0.2, -0.15) is 5.06 Å². The van der Waals surface area contributed by atoms with Crippen molar-refractivity contribution in [1.29, 1.82) is 0 Å². The molecule has 0 saturated carbocycles. The number of hydrogen-bond acceptors (Lipinski definition) is 5. The van der Waals surface area contributed by atoms with Crippen molar-refractivity contribution in [3.05, 3.63) is 70.8 Å². The molecule has 0 aromatic heterocycles. The Morgan fingerprint density at radius 2 is 1.70 bits per heavy atom. The number of carbonyl (C=O) groups excluding carboxylic acids is 1. The van der Waals surface area contributed by atoms with Gasteiger partial charge in [-0.15, -0.1) is 0 Å². The van der Waals surface area contributed by atoms with Crippen LogP contribution < -0.4 is 0 Å². The summed E-state index contributed by atoms with van der Waals surface area (Å²) in [4.78, 5) is 17.7. The molecule has 2 aliphatic rings. The van der Waals surface area contributed by atoms with Crippen LogP contribution in [-0.4, -0.2) is 41.5 Å². The number of esters is 1. The molecule has 1 N–H and O–H groups in total. The Morgan fingerprint density at radius 3 is 2.33 bits per heavy atom. The number of benzene rings is 2. The number of hydroxylamine groups is 2. The van der Waals surface area contributed by atoms with Gasteiger partial charge < -0.3 is 9.84 Å². The lowest BCUT2D eigenvalue weighted by atomic mass is 9.98. The smallest absolute Gasteiger partial charge is 0.326 e. The van der Waals surface area contributed by atoms with Gasteiger partial charge in [0.25, 0.3) is 0 Å². The molecule has 5 nitrogen and oxygen atoms in total. The minimum atomic E-state index is -0.442. The van der Waals surface area contributed by atoms with Crippen LogP contribution in [0.2, 0.25) is 0 Å². The van der Waals surface area contributed by atoms with Crippen LogP contribution in [0.25, 0.3) is 0 Å². The van der Waals surface area contributed by atoms with E-state index in [4.69, 9.17) is 9.57 Å². The highest BCUT2D eigenvalue weighted by atomic mass is 16.7. The van der Waals surface area contributed by atoms with Gasteiger partial charge in [0.05, 0.1) is 25.7 Å². The van der Waals surface area contributed by atoms with E-state index in [1.54, 1.807) is 5.06 Å². The molecule has 2 saturated heterocycles. The molecule has 2 aliphatic heterocycles. The second-order valence-corrected chi connectivity index (χ2v) is 6.95. The van der Waals surface area contributed by atoms with Crippen LogP contribution in [0.3, 0.4) is 0 Å². The topological polar surface area (TPSA) is 59.0 Å². The Labute approximate surface area is 158 Å². The fourth-order valence-corrected chi connectivity index (χ4v) is 3.45. The summed E-state index contributed by atoms with van der Waals surface area (Å²) in [6.45, 7) is 2.69. The second-order valence-electron chi connectivity index (χ2n) is 6.95. The fourth-order valence-electron chi connectivity index (χ4n) is 3.45. The number of rotatable bonds is 3. The van der Waals surface area contributed by atoms with Crippen molar-refractivity contribution in [1.82, 2.24) is 5.06 Å². The van der Waals surface area contributed by atoms with Gasteiger partial charge in [0.1, 0.15) is 12.1 Å². The zero-order chi connectivity index (χ0) is 18.8. The van der Waals surface area contributed by atoms with E-state index in [1.165, 1.54) is 5.56 Å². The van der Waals surface area contributed by atoms with Gasteiger partial charge in [-0.05, 0) is 36.8 Å². The van der Waals surface area contributed by atoms with E-state index < -0.39 is 6.04 Å². The van der Waals surface area contributed by atoms with Crippen LogP contribution in [0.1, 0.15) is 22.3 Å². The predicted molar refractivity (Wildman–Crippen MR) is 99.3 cm³/mol. The van der Waals surface area contributed by atoms with Crippen molar-refractivity contribution in [2.24, 2.45) is 5.92 Å². The quantitative estimate of drug-likeness (QED) is 0.668. The molecule has 2 fully saturated rings. The van der Waals surface area contributed by atoms with Gasteiger partial charge in [0.2, 0.25) is 0 Å². The molecule has 4 rings (SSSR count). The van der Waals surface area contributed by atoms with Crippen molar-refractivity contribution in [2.75, 3.05) is 13.2 Å². The normalized spacial score (nSPS) is 24.2. The van der Waals surface area contributed by atoms with Gasteiger partial charge in [0, 0.05) is 11.1 Å². The Kier molecular flexibility index (Phi) is 4.95. The molecule has 0 radical (unpaired) electrons. The summed E-state index contributed by atoms with van der Waals surface area (Å²) < 4.78 is 5.13. The summed E-state index contributed by atoms with van der Waals surface area (Å²) >= 11 is 0. The summed E-state index contributed by atoms with van der Waals surface area (Å²) in [5, 5.41) is 11.1. The molecule has 0 spiro atoms. The summed E-state index contributed by atoms with van der Waals surface area (Å²) in [5.74, 6) is 5.93. The zero-order valence-electron chi connectivity index (χ0n) is 15.1. The van der Waals surface area contributed by atoms with E-state index in [0.29, 0.717) is 13.2 Å². The Balaban J connectivity index is 1.44. The Morgan fingerprint density at radius 1 is 1.07 bits per heavy atom. The first kappa shape index (κ1) is 17.7. The number of aliphatic hydroxyl groups is 1. The van der Waals surface area contributed by atoms with Crippen molar-refractivity contribution in [2.45, 2.75) is 25.6 Å². The van der Waals surface area contributed by atoms with Crippen LogP contribution in [0.15, 0.2) is 48.5 Å². The number of cyclic esters (lactones) is 1. The molecule has 2 aromatic rings. The zero-order valence-corrected chi connectivity index (χ0v) is 15.1. The lowest BCUT2D eigenvalue weighted by Gasteiger charge is -2.19. The number of hydrogen-bond donors (Lipinski definition) is 1. The average Bonchev–Trinajstić information content (AvgIpc) is 3.23. The first-order valence-corrected chi connectivity index (χ1v) is 9.02. The highest BCUT2D eigenvalue weighted by Crippen LogP contribution is 2.34. The van der Waals surface area contributed by atoms with Crippen LogP contribution in [-0.2, 0) is 20.9 Å². The number of fused-ring (bicyclic) bond motifs is 1. The highest BCUT2D eigenvalue weighted by Gasteiger charge is 2.52. The maximum Gasteiger partial charge on any atom is 0.326 e. The van der Waals surface area contributed by atoms with Gasteiger partial charge in [-0.25, -0.2) is 0 Å². The van der Waals surface area contributed by atoms with E-state index in [0.717, 1.165) is 16.7 Å². The minimum absolute atomic E-state index is 0.109. The third-order valence-electron chi connectivity index (χ3n) is 5.00. The van der Waals surface area contributed by atoms with Gasteiger partial charge in [-0.3, -0.25) is 9.63 Å². The Hall–Kier alpha value is -2.65. The molecule has 0 amide bonds. The third-order valence-corrected chi connectivity index (χ3v) is 5.00. The molecule has 138 valence electrons. The molecule has 3 atom stereocenters. The van der Waals surface area contributed by atoms with Crippen molar-refractivity contribution < 1.29 is 19.5 Å². The molecular weight excluding hydrogens is 342 g/mol. The largest absolute Gasteiger partial charge is 0.464 e. The van der Waals surface area contributed by atoms with E-state index in [1.807, 2.05) is 48.5 Å². The molecule has 5 heteroatoms. The van der Waals surface area contributed by atoms with Crippen molar-refractivity contribution in [3.63, 3.8) is 0 Å². The standard InChI is InChI=1S/C22H21NO4/c1-15-2-4-16(5-3-15)6-7-17-8-10-18(11-9-17)12-23-21-19(14-26-22(21)25)20(13-24)27-23/h2-5,8-11,19-21,24H,12-14H2,1H3/t19?,20-,21-/m0/s1. The highest BCUT2D eigenvalue weighted by molar-refractivity contribution is 5.78. The first-order chi connectivity index (χ1) is 13.1. The lowest BCUT2D eigenvalue weighted by molar-refractivity contribution is -0.192. The SMILES string of the molecule is Cc1ccc(C#Cc2ccc(CN3O[C@@H](CO)C4COC(=O)[C@H]43)cc2)cc1. The number of aliphatic hydroxyl groups excluding tert-OH is 1. The van der Waals surface area contributed by atoms with E-state index in [-0.39, 0.29) is 24.6 Å². The first-order valence-electron chi connectivity index (χ1n) is 9.02. The number of carbonyl (C=O) groups is 1. The van der Waals surface area contributed by atoms with Crippen molar-refractivity contribution in [3.8, 4) is 11.8 Å². The third kappa shape index (κ3) is 3.74. The predicted octanol–water partition coefficient (Wildman–Crippen LogP) is 2.04. The van der Waals surface area contributed by atoms with Crippen molar-refractivity contribution >= 4 is 5.97 Å². The number of ether oxygens (including phenoxy) is 1. The average molecular weight is 363 g/mol. The van der Waals surface area contributed by atoms with Gasteiger partial charge in [-0.1, -0.05) is 41.7 Å². The number of nitrogens with zero attached hydrogens (tertiary/aromatic N) is 1. The van der Waals surface area contributed by atoms with E-state index >= 15 is 0 Å². The summed E-state index contributed by atoms with van der Waals surface area (Å²) in [7, 11) is 0. The molecule has 0 bridgehead atoms. The van der Waals surface area contributed by atoms with E-state index in [2.05, 4.69) is 18.8 Å². The van der Waals surface area contributed by atoms with Crippen LogP contribution >= 0.6 is 0 Å². The van der Waals surface area contributed by atoms with Gasteiger partial charge in [0.15, 0.2) is 0 Å². The minimum Gasteiger partial charge on any atom is -0.464 e. The molecule has 27 heavy (non-hydrogen) atoms. The molecule has 2 aromatic carbocycles. The number of aryl methyl sites for hydroxylation is 1. The maximum atomic E-state index is 12.0. The fraction of sp³-hybridized carbons (Fsp3) is 0.318. The molecule has 2 heterocycles. The Bertz CT molecular complexity index is 879. The van der Waals surface area contributed by atoms with Gasteiger partial charge >= 0.3 is 5.97 Å². The van der Waals surface area contributed by atoms with Crippen LogP contribution in [0.5, 0.6) is 0 Å². The molecule has 0 aliphatic carbocycles. The second kappa shape index (κ2) is 7.53. The summed E-state index contributed by atoms with van der Waals surface area (Å²) in [5.41, 5.74) is 4.13. The van der Waals surface area contributed by atoms with Crippen LogP contribution in [0.4, 0.5) is 0 Å². The summed E-state index contributed by atoms with van der Waals surface area (Å²) in [6.07, 6.45) is -0.388. The maximum absolute atomic E-state index is 12.0. The van der Waals surface area contributed by atoms with E-state index in [9.17, 15) is 9.90 Å². The molecule has 1 unspecified atom stereocenters.